The molecule has 2 unspecified atom stereocenters. The van der Waals surface area contributed by atoms with Gasteiger partial charge in [-0.25, -0.2) is 0 Å². The predicted octanol–water partition coefficient (Wildman–Crippen LogP) is 10.8. The molecular weight excluding hydrogens is 619 g/mol. The van der Waals surface area contributed by atoms with Gasteiger partial charge in [-0.15, -0.1) is 0 Å². The van der Waals surface area contributed by atoms with E-state index in [1.165, 1.54) is 77.1 Å². The Morgan fingerprint density at radius 3 is 2.69 bits per heavy atom. The quantitative estimate of drug-likeness (QED) is 0.155. The number of ether oxygens (including phenoxy) is 1. The molecule has 51 heavy (non-hydrogen) atoms. The van der Waals surface area contributed by atoms with Gasteiger partial charge < -0.3 is 9.30 Å². The van der Waals surface area contributed by atoms with Crippen LogP contribution in [0.15, 0.2) is 133 Å². The van der Waals surface area contributed by atoms with Crippen LogP contribution in [0.5, 0.6) is 5.75 Å². The Morgan fingerprint density at radius 1 is 0.902 bits per heavy atom. The Morgan fingerprint density at radius 2 is 1.78 bits per heavy atom. The number of fused-ring (bicyclic) bond motifs is 9. The first kappa shape index (κ1) is 31.4. The van der Waals surface area contributed by atoms with Gasteiger partial charge in [-0.2, -0.15) is 0 Å². The Labute approximate surface area is 301 Å². The second kappa shape index (κ2) is 12.9. The van der Waals surface area contributed by atoms with Crippen LogP contribution in [0.3, 0.4) is 0 Å². The van der Waals surface area contributed by atoms with Gasteiger partial charge in [0.25, 0.3) is 0 Å². The molecule has 2 nitrogen and oxygen atoms in total. The third-order valence-corrected chi connectivity index (χ3v) is 11.1. The minimum atomic E-state index is 0.0276. The van der Waals surface area contributed by atoms with E-state index in [1.54, 1.807) is 0 Å². The molecule has 0 spiro atoms. The summed E-state index contributed by atoms with van der Waals surface area (Å²) in [5.41, 5.74) is 15.7. The van der Waals surface area contributed by atoms with Gasteiger partial charge in [0.1, 0.15) is 11.9 Å². The summed E-state index contributed by atoms with van der Waals surface area (Å²) in [6.07, 6.45) is 31.0. The van der Waals surface area contributed by atoms with Gasteiger partial charge in [-0.05, 0) is 114 Å². The molecule has 5 aromatic rings. The van der Waals surface area contributed by atoms with Crippen LogP contribution in [0.25, 0.3) is 51.5 Å². The van der Waals surface area contributed by atoms with E-state index < -0.39 is 0 Å². The Kier molecular flexibility index (Phi) is 7.96. The molecule has 1 aromatic heterocycles. The highest BCUT2D eigenvalue weighted by Crippen LogP contribution is 2.45. The molecule has 2 atom stereocenters. The summed E-state index contributed by atoms with van der Waals surface area (Å²) in [5.74, 6) is 1.22. The largest absolute Gasteiger partial charge is 0.483 e. The second-order valence-corrected chi connectivity index (χ2v) is 14.2. The lowest BCUT2D eigenvalue weighted by Crippen LogP contribution is -2.28. The second-order valence-electron chi connectivity index (χ2n) is 14.2. The van der Waals surface area contributed by atoms with Crippen molar-refractivity contribution < 1.29 is 4.74 Å². The molecule has 2 heteroatoms. The van der Waals surface area contributed by atoms with Crippen molar-refractivity contribution in [1.29, 1.82) is 0 Å². The number of para-hydroxylation sites is 1. The fraction of sp³-hybridized carbons (Fsp3) is 0.184. The highest BCUT2D eigenvalue weighted by Gasteiger charge is 2.34. The van der Waals surface area contributed by atoms with Crippen LogP contribution in [0.4, 0.5) is 0 Å². The summed E-state index contributed by atoms with van der Waals surface area (Å²) in [4.78, 5) is 0. The monoisotopic (exact) mass is 661 g/mol. The van der Waals surface area contributed by atoms with E-state index in [-0.39, 0.29) is 12.0 Å². The SMILES string of the molecule is C\C=C/C=C\C(=C\c1c(C)ccc2c1c1c(n2-c2cccc3c2OC2C=CC=CC32)=CC=C(c2ccc3c(c2)-c2ccccc2C3)CC=1)CCC. The fourth-order valence-corrected chi connectivity index (χ4v) is 8.57. The summed E-state index contributed by atoms with van der Waals surface area (Å²) < 4.78 is 9.25. The van der Waals surface area contributed by atoms with Crippen molar-refractivity contribution in [2.45, 2.75) is 58.5 Å². The summed E-state index contributed by atoms with van der Waals surface area (Å²) in [7, 11) is 0. The van der Waals surface area contributed by atoms with Gasteiger partial charge in [0, 0.05) is 22.1 Å². The third-order valence-electron chi connectivity index (χ3n) is 11.1. The fourth-order valence-electron chi connectivity index (χ4n) is 8.57. The van der Waals surface area contributed by atoms with Gasteiger partial charge in [0.2, 0.25) is 0 Å². The maximum absolute atomic E-state index is 6.78. The number of rotatable bonds is 7. The molecule has 250 valence electrons. The Balaban J connectivity index is 1.28. The smallest absolute Gasteiger partial charge is 0.148 e. The van der Waals surface area contributed by atoms with Gasteiger partial charge in [0.05, 0.1) is 16.6 Å². The van der Waals surface area contributed by atoms with E-state index in [0.29, 0.717) is 0 Å². The number of benzene rings is 4. The molecule has 0 saturated carbocycles. The molecule has 3 aliphatic carbocycles. The van der Waals surface area contributed by atoms with E-state index in [9.17, 15) is 0 Å². The molecule has 0 amide bonds. The maximum Gasteiger partial charge on any atom is 0.148 e. The molecule has 0 bridgehead atoms. The van der Waals surface area contributed by atoms with Crippen LogP contribution in [0.2, 0.25) is 0 Å². The summed E-state index contributed by atoms with van der Waals surface area (Å²) in [5, 5.41) is 3.80. The van der Waals surface area contributed by atoms with Crippen LogP contribution in [0.1, 0.15) is 72.4 Å². The summed E-state index contributed by atoms with van der Waals surface area (Å²) in [6, 6.07) is 27.2. The Bertz CT molecular complexity index is 2540. The van der Waals surface area contributed by atoms with E-state index in [4.69, 9.17) is 4.74 Å². The summed E-state index contributed by atoms with van der Waals surface area (Å²) >= 11 is 0. The minimum Gasteiger partial charge on any atom is -0.483 e. The first-order valence-corrected chi connectivity index (χ1v) is 18.5. The topological polar surface area (TPSA) is 14.2 Å². The molecule has 0 fully saturated rings. The standard InChI is InChI=1S/C49H43NO/c1-4-6-7-14-33(13-5-2)29-42-32(3)21-27-45-48(42)41-26-24-34(35-22-23-37-30-36-15-8-9-16-38(36)43(37)31-35)25-28-44(41)50(45)46-19-12-18-40-39-17-10-11-20-47(39)51-49(40)46/h4,6-12,14-23,25-29,31,39,47H,5,13,24,30H2,1-3H3/b6-4-,14-7-,33-29+. The molecule has 1 aliphatic heterocycles. The van der Waals surface area contributed by atoms with Crippen molar-refractivity contribution in [3.63, 3.8) is 0 Å². The van der Waals surface area contributed by atoms with Gasteiger partial charge in [-0.3, -0.25) is 0 Å². The van der Waals surface area contributed by atoms with Crippen LogP contribution < -0.4 is 15.3 Å². The minimum absolute atomic E-state index is 0.0276. The van der Waals surface area contributed by atoms with Crippen LogP contribution in [0, 0.1) is 6.92 Å². The lowest BCUT2D eigenvalue weighted by molar-refractivity contribution is 0.268. The number of nitrogens with zero attached hydrogens (tertiary/aromatic N) is 1. The number of aryl methyl sites for hydroxylation is 1. The molecule has 0 N–H and O–H groups in total. The van der Waals surface area contributed by atoms with Crippen LogP contribution in [-0.4, -0.2) is 10.7 Å². The molecule has 0 saturated heterocycles. The van der Waals surface area contributed by atoms with Gasteiger partial charge in [-0.1, -0.05) is 129 Å². The van der Waals surface area contributed by atoms with Gasteiger partial charge >= 0.3 is 0 Å². The molecule has 2 heterocycles. The zero-order valence-electron chi connectivity index (χ0n) is 29.7. The van der Waals surface area contributed by atoms with Crippen molar-refractivity contribution in [2.75, 3.05) is 0 Å². The molecule has 4 aliphatic rings. The van der Waals surface area contributed by atoms with Crippen molar-refractivity contribution >= 4 is 34.7 Å². The van der Waals surface area contributed by atoms with Crippen molar-refractivity contribution in [2.24, 2.45) is 0 Å². The van der Waals surface area contributed by atoms with E-state index in [0.717, 1.165) is 37.1 Å². The van der Waals surface area contributed by atoms with E-state index in [1.807, 2.05) is 0 Å². The Hall–Kier alpha value is -5.60. The number of allylic oxidation sites excluding steroid dienone is 9. The molecule has 0 radical (unpaired) electrons. The zero-order valence-corrected chi connectivity index (χ0v) is 29.7. The first-order chi connectivity index (χ1) is 25.1. The molecule has 9 rings (SSSR count). The highest BCUT2D eigenvalue weighted by atomic mass is 16.5. The number of hydrogen-bond acceptors (Lipinski definition) is 1. The lowest BCUT2D eigenvalue weighted by Gasteiger charge is -2.14. The van der Waals surface area contributed by atoms with Crippen LogP contribution in [-0.2, 0) is 6.42 Å². The number of aromatic nitrogens is 1. The van der Waals surface area contributed by atoms with Crippen molar-refractivity contribution in [3.8, 4) is 22.6 Å². The van der Waals surface area contributed by atoms with Crippen molar-refractivity contribution in [1.82, 2.24) is 4.57 Å². The van der Waals surface area contributed by atoms with Crippen LogP contribution >= 0.6 is 0 Å². The summed E-state index contributed by atoms with van der Waals surface area (Å²) in [6.45, 7) is 6.59. The predicted molar refractivity (Wildman–Crippen MR) is 216 cm³/mol. The zero-order chi connectivity index (χ0) is 34.5. The average Bonchev–Trinajstić information content (AvgIpc) is 3.76. The highest BCUT2D eigenvalue weighted by molar-refractivity contribution is 5.95. The van der Waals surface area contributed by atoms with E-state index in [2.05, 4.69) is 171 Å². The number of hydrogen-bond donors (Lipinski definition) is 0. The lowest BCUT2D eigenvalue weighted by atomic mass is 9.92. The molecular formula is C49H43NO. The van der Waals surface area contributed by atoms with Crippen molar-refractivity contribution in [3.05, 3.63) is 177 Å². The van der Waals surface area contributed by atoms with E-state index >= 15 is 0 Å². The van der Waals surface area contributed by atoms with Gasteiger partial charge in [0.15, 0.2) is 0 Å². The maximum atomic E-state index is 6.78. The average molecular weight is 662 g/mol. The first-order valence-electron chi connectivity index (χ1n) is 18.5. The normalized spacial score (nSPS) is 18.5. The third kappa shape index (κ3) is 5.33. The molecule has 4 aromatic carbocycles.